The molecule has 2 heteroatoms. The topological polar surface area (TPSA) is 32.3 Å². The number of anilines is 1. The molecular weight excluding hydrogens is 174 g/mol. The predicted molar refractivity (Wildman–Crippen MR) is 58.3 cm³/mol. The molecule has 0 spiro atoms. The monoisotopic (exact) mass is 191 g/mol. The van der Waals surface area contributed by atoms with E-state index in [1.807, 2.05) is 30.3 Å². The normalized spacial score (nSPS) is 31.7. The highest BCUT2D eigenvalue weighted by molar-refractivity contribution is 5.43. The van der Waals surface area contributed by atoms with E-state index in [9.17, 15) is 5.11 Å². The minimum atomic E-state index is -0.199. The van der Waals surface area contributed by atoms with E-state index in [-0.39, 0.29) is 12.1 Å². The van der Waals surface area contributed by atoms with Crippen LogP contribution in [0.15, 0.2) is 30.3 Å². The van der Waals surface area contributed by atoms with Crippen LogP contribution in [-0.4, -0.2) is 17.3 Å². The molecule has 1 fully saturated rings. The average Bonchev–Trinajstić information content (AvgIpc) is 2.52. The second-order valence-corrected chi connectivity index (χ2v) is 4.16. The first-order chi connectivity index (χ1) is 6.77. The van der Waals surface area contributed by atoms with Crippen LogP contribution in [0.2, 0.25) is 0 Å². The SMILES string of the molecule is CC1CCC(Nc2ccccc2)C1O. The molecule has 76 valence electrons. The first kappa shape index (κ1) is 9.53. The lowest BCUT2D eigenvalue weighted by Crippen LogP contribution is -2.30. The van der Waals surface area contributed by atoms with E-state index in [1.54, 1.807) is 0 Å². The third kappa shape index (κ3) is 1.90. The lowest BCUT2D eigenvalue weighted by Gasteiger charge is -2.19. The van der Waals surface area contributed by atoms with Crippen molar-refractivity contribution in [2.24, 2.45) is 5.92 Å². The van der Waals surface area contributed by atoms with Gasteiger partial charge in [-0.2, -0.15) is 0 Å². The van der Waals surface area contributed by atoms with Gasteiger partial charge >= 0.3 is 0 Å². The molecule has 0 aliphatic heterocycles. The van der Waals surface area contributed by atoms with Gasteiger partial charge in [0.25, 0.3) is 0 Å². The van der Waals surface area contributed by atoms with Crippen molar-refractivity contribution in [2.75, 3.05) is 5.32 Å². The zero-order chi connectivity index (χ0) is 9.97. The van der Waals surface area contributed by atoms with Crippen molar-refractivity contribution in [1.82, 2.24) is 0 Å². The van der Waals surface area contributed by atoms with Crippen molar-refractivity contribution < 1.29 is 5.11 Å². The molecule has 3 atom stereocenters. The fraction of sp³-hybridized carbons (Fsp3) is 0.500. The van der Waals surface area contributed by atoms with Crippen LogP contribution in [0.3, 0.4) is 0 Å². The molecule has 0 saturated heterocycles. The molecule has 2 N–H and O–H groups in total. The van der Waals surface area contributed by atoms with Crippen LogP contribution < -0.4 is 5.32 Å². The third-order valence-corrected chi connectivity index (χ3v) is 3.05. The van der Waals surface area contributed by atoms with Crippen LogP contribution in [0, 0.1) is 5.92 Å². The summed E-state index contributed by atoms with van der Waals surface area (Å²) in [6.45, 7) is 2.11. The van der Waals surface area contributed by atoms with Crippen LogP contribution in [0.25, 0.3) is 0 Å². The highest BCUT2D eigenvalue weighted by Crippen LogP contribution is 2.27. The standard InChI is InChI=1S/C12H17NO/c1-9-7-8-11(12(9)14)13-10-5-3-2-4-6-10/h2-6,9,11-14H,7-8H2,1H3. The Morgan fingerprint density at radius 2 is 1.93 bits per heavy atom. The van der Waals surface area contributed by atoms with Crippen molar-refractivity contribution in [1.29, 1.82) is 0 Å². The Balaban J connectivity index is 1.99. The number of aliphatic hydroxyl groups excluding tert-OH is 1. The Labute approximate surface area is 85.0 Å². The molecular formula is C12H17NO. The second kappa shape index (κ2) is 4.01. The molecule has 1 saturated carbocycles. The van der Waals surface area contributed by atoms with E-state index in [0.717, 1.165) is 18.5 Å². The van der Waals surface area contributed by atoms with E-state index in [4.69, 9.17) is 0 Å². The van der Waals surface area contributed by atoms with Crippen molar-refractivity contribution >= 4 is 5.69 Å². The van der Waals surface area contributed by atoms with Gasteiger partial charge in [0, 0.05) is 5.69 Å². The molecule has 1 aliphatic rings. The fourth-order valence-electron chi connectivity index (χ4n) is 2.09. The molecule has 1 aliphatic carbocycles. The number of hydrogen-bond acceptors (Lipinski definition) is 2. The van der Waals surface area contributed by atoms with Gasteiger partial charge in [-0.1, -0.05) is 25.1 Å². The molecule has 2 rings (SSSR count). The summed E-state index contributed by atoms with van der Waals surface area (Å²) in [7, 11) is 0. The molecule has 0 aromatic heterocycles. The van der Waals surface area contributed by atoms with Crippen LogP contribution >= 0.6 is 0 Å². The summed E-state index contributed by atoms with van der Waals surface area (Å²) in [5, 5.41) is 13.2. The number of hydrogen-bond donors (Lipinski definition) is 2. The number of aliphatic hydroxyl groups is 1. The largest absolute Gasteiger partial charge is 0.391 e. The minimum absolute atomic E-state index is 0.199. The Morgan fingerprint density at radius 1 is 1.21 bits per heavy atom. The number of para-hydroxylation sites is 1. The molecule has 0 amide bonds. The fourth-order valence-corrected chi connectivity index (χ4v) is 2.09. The van der Waals surface area contributed by atoms with Gasteiger partial charge in [-0.3, -0.25) is 0 Å². The summed E-state index contributed by atoms with van der Waals surface area (Å²) in [5.41, 5.74) is 1.10. The van der Waals surface area contributed by atoms with Gasteiger partial charge < -0.3 is 10.4 Å². The van der Waals surface area contributed by atoms with Crippen molar-refractivity contribution in [3.05, 3.63) is 30.3 Å². The molecule has 14 heavy (non-hydrogen) atoms. The summed E-state index contributed by atoms with van der Waals surface area (Å²) >= 11 is 0. The van der Waals surface area contributed by atoms with Gasteiger partial charge in [-0.05, 0) is 30.9 Å². The molecule has 3 unspecified atom stereocenters. The predicted octanol–water partition coefficient (Wildman–Crippen LogP) is 2.26. The highest BCUT2D eigenvalue weighted by Gasteiger charge is 2.31. The first-order valence-corrected chi connectivity index (χ1v) is 5.27. The molecule has 1 aromatic rings. The summed E-state index contributed by atoms with van der Waals surface area (Å²) in [6.07, 6.45) is 1.98. The maximum absolute atomic E-state index is 9.86. The number of benzene rings is 1. The van der Waals surface area contributed by atoms with E-state index >= 15 is 0 Å². The maximum atomic E-state index is 9.86. The summed E-state index contributed by atoms with van der Waals surface area (Å²) in [6, 6.07) is 10.3. The number of rotatable bonds is 2. The van der Waals surface area contributed by atoms with Crippen molar-refractivity contribution in [3.63, 3.8) is 0 Å². The van der Waals surface area contributed by atoms with Crippen molar-refractivity contribution in [3.8, 4) is 0 Å². The van der Waals surface area contributed by atoms with E-state index in [1.165, 1.54) is 0 Å². The van der Waals surface area contributed by atoms with Gasteiger partial charge in [0.05, 0.1) is 12.1 Å². The smallest absolute Gasteiger partial charge is 0.0766 e. The quantitative estimate of drug-likeness (QED) is 0.751. The Kier molecular flexibility index (Phi) is 2.73. The third-order valence-electron chi connectivity index (χ3n) is 3.05. The van der Waals surface area contributed by atoms with Crippen LogP contribution in [0.1, 0.15) is 19.8 Å². The van der Waals surface area contributed by atoms with Crippen LogP contribution in [-0.2, 0) is 0 Å². The van der Waals surface area contributed by atoms with Crippen LogP contribution in [0.5, 0.6) is 0 Å². The lowest BCUT2D eigenvalue weighted by molar-refractivity contribution is 0.132. The second-order valence-electron chi connectivity index (χ2n) is 4.16. The molecule has 0 bridgehead atoms. The van der Waals surface area contributed by atoms with Crippen molar-refractivity contribution in [2.45, 2.75) is 31.9 Å². The highest BCUT2D eigenvalue weighted by atomic mass is 16.3. The van der Waals surface area contributed by atoms with Crippen LogP contribution in [0.4, 0.5) is 5.69 Å². The molecule has 0 radical (unpaired) electrons. The summed E-state index contributed by atoms with van der Waals surface area (Å²) < 4.78 is 0. The van der Waals surface area contributed by atoms with Gasteiger partial charge in [-0.25, -0.2) is 0 Å². The molecule has 2 nitrogen and oxygen atoms in total. The van der Waals surface area contributed by atoms with E-state index in [0.29, 0.717) is 5.92 Å². The zero-order valence-corrected chi connectivity index (χ0v) is 8.48. The maximum Gasteiger partial charge on any atom is 0.0766 e. The van der Waals surface area contributed by atoms with Gasteiger partial charge in [0.15, 0.2) is 0 Å². The number of nitrogens with one attached hydrogen (secondary N) is 1. The Hall–Kier alpha value is -1.02. The molecule has 0 heterocycles. The summed E-state index contributed by atoms with van der Waals surface area (Å²) in [4.78, 5) is 0. The zero-order valence-electron chi connectivity index (χ0n) is 8.48. The average molecular weight is 191 g/mol. The minimum Gasteiger partial charge on any atom is -0.391 e. The van der Waals surface area contributed by atoms with Gasteiger partial charge in [0.2, 0.25) is 0 Å². The van der Waals surface area contributed by atoms with E-state index < -0.39 is 0 Å². The Morgan fingerprint density at radius 3 is 2.50 bits per heavy atom. The van der Waals surface area contributed by atoms with Gasteiger partial charge in [0.1, 0.15) is 0 Å². The van der Waals surface area contributed by atoms with Gasteiger partial charge in [-0.15, -0.1) is 0 Å². The summed E-state index contributed by atoms with van der Waals surface area (Å²) in [5.74, 6) is 0.427. The van der Waals surface area contributed by atoms with E-state index in [2.05, 4.69) is 12.2 Å². The molecule has 1 aromatic carbocycles. The lowest BCUT2D eigenvalue weighted by atomic mass is 10.1. The Bertz CT molecular complexity index is 286. The first-order valence-electron chi connectivity index (χ1n) is 5.27.